The first-order valence-corrected chi connectivity index (χ1v) is 8.55. The molecule has 5 heteroatoms. The van der Waals surface area contributed by atoms with Crippen LogP contribution in [-0.2, 0) is 4.79 Å². The van der Waals surface area contributed by atoms with Crippen molar-refractivity contribution in [3.63, 3.8) is 0 Å². The zero-order chi connectivity index (χ0) is 22.3. The Bertz CT molecular complexity index is 1160. The lowest BCUT2D eigenvalue weighted by Gasteiger charge is -2.28. The molecule has 0 aliphatic rings. The highest BCUT2D eigenvalue weighted by Crippen LogP contribution is 2.32. The van der Waals surface area contributed by atoms with E-state index in [0.717, 1.165) is 16.0 Å². The topological polar surface area (TPSA) is 70.8 Å². The van der Waals surface area contributed by atoms with Gasteiger partial charge < -0.3 is 14.4 Å². The molecule has 3 rings (SSSR count). The van der Waals surface area contributed by atoms with E-state index in [2.05, 4.69) is 0 Å². The van der Waals surface area contributed by atoms with Crippen LogP contribution in [0.3, 0.4) is 0 Å². The molecule has 1 N–H and O–H groups in total. The second-order valence-corrected chi connectivity index (χ2v) is 7.25. The Labute approximate surface area is 162 Å². The summed E-state index contributed by atoms with van der Waals surface area (Å²) in [6.45, 7) is 2.05. The summed E-state index contributed by atoms with van der Waals surface area (Å²) in [6, 6.07) is 13.8. The van der Waals surface area contributed by atoms with Crippen molar-refractivity contribution in [2.75, 3.05) is 18.4 Å². The minimum Gasteiger partial charge on any atom is -0.481 e. The van der Waals surface area contributed by atoms with Gasteiger partial charge in [0.05, 0.1) is 5.41 Å². The Kier molecular flexibility index (Phi) is 3.85. The number of aliphatic carboxylic acids is 1. The molecule has 0 fully saturated rings. The largest absolute Gasteiger partial charge is 0.481 e. The highest BCUT2D eigenvalue weighted by molar-refractivity contribution is 5.95. The van der Waals surface area contributed by atoms with E-state index in [1.807, 2.05) is 31.2 Å². The van der Waals surface area contributed by atoms with E-state index in [1.54, 1.807) is 12.1 Å². The van der Waals surface area contributed by atoms with Crippen LogP contribution in [0.2, 0.25) is 0 Å². The maximum absolute atomic E-state index is 12.2. The summed E-state index contributed by atoms with van der Waals surface area (Å²) in [4.78, 5) is 24.8. The van der Waals surface area contributed by atoms with Gasteiger partial charge in [0.1, 0.15) is 5.58 Å². The number of hydrogen-bond donors (Lipinski definition) is 1. The molecule has 0 radical (unpaired) electrons. The molecule has 0 unspecified atom stereocenters. The number of hydrogen-bond acceptors (Lipinski definition) is 4. The number of rotatable bonds is 5. The van der Waals surface area contributed by atoms with Crippen LogP contribution >= 0.6 is 0 Å². The number of carboxylic acids is 1. The molecule has 0 saturated heterocycles. The van der Waals surface area contributed by atoms with Crippen LogP contribution in [0.4, 0.5) is 5.69 Å². The van der Waals surface area contributed by atoms with Crippen LogP contribution in [0.25, 0.3) is 22.1 Å². The van der Waals surface area contributed by atoms with E-state index in [0.29, 0.717) is 10.9 Å². The lowest BCUT2D eigenvalue weighted by molar-refractivity contribution is -0.146. The molecule has 0 saturated carbocycles. The Morgan fingerprint density at radius 2 is 1.93 bits per heavy atom. The maximum Gasteiger partial charge on any atom is 0.336 e. The second kappa shape index (κ2) is 6.91. The Morgan fingerprint density at radius 3 is 2.59 bits per heavy atom. The van der Waals surface area contributed by atoms with Crippen molar-refractivity contribution in [1.29, 1.82) is 0 Å². The molecule has 0 aliphatic carbocycles. The van der Waals surface area contributed by atoms with E-state index in [-0.39, 0.29) is 17.8 Å². The van der Waals surface area contributed by atoms with Crippen LogP contribution in [0.5, 0.6) is 0 Å². The average molecular weight is 368 g/mol. The molecular formula is C22H23NO4. The van der Waals surface area contributed by atoms with Gasteiger partial charge in [-0.15, -0.1) is 0 Å². The summed E-state index contributed by atoms with van der Waals surface area (Å²) in [5.74, 6) is -1.11. The standard InChI is InChI=1S/C22H23NO4/c1-14-7-5-6-8-16(14)18-12-20(24)27-19-11-15(9-10-17(18)19)23(4)13-22(2,3)21(25)26/h5-12H,13H2,1-4H3,(H,25,26)/i4D3. The SMILES string of the molecule is [2H]C([2H])([2H])N(CC(C)(C)C(=O)O)c1ccc2c(-c3ccccc3C)cc(=O)oc2c1. The minimum atomic E-state index is -2.58. The molecule has 140 valence electrons. The van der Waals surface area contributed by atoms with E-state index in [1.165, 1.54) is 26.0 Å². The predicted molar refractivity (Wildman–Crippen MR) is 107 cm³/mol. The first kappa shape index (κ1) is 15.0. The summed E-state index contributed by atoms with van der Waals surface area (Å²) >= 11 is 0. The normalized spacial score (nSPS) is 13.7. The van der Waals surface area contributed by atoms with E-state index >= 15 is 0 Å². The number of aryl methyl sites for hydroxylation is 1. The number of nitrogens with zero attached hydrogens (tertiary/aromatic N) is 1. The smallest absolute Gasteiger partial charge is 0.336 e. The molecule has 0 amide bonds. The van der Waals surface area contributed by atoms with Gasteiger partial charge in [0.2, 0.25) is 0 Å². The molecule has 0 spiro atoms. The third-order valence-electron chi connectivity index (χ3n) is 4.61. The highest BCUT2D eigenvalue weighted by Gasteiger charge is 2.29. The van der Waals surface area contributed by atoms with Gasteiger partial charge in [-0.3, -0.25) is 4.79 Å². The molecule has 2 aromatic carbocycles. The number of anilines is 1. The fourth-order valence-electron chi connectivity index (χ4n) is 2.97. The van der Waals surface area contributed by atoms with E-state index < -0.39 is 24.0 Å². The number of fused-ring (bicyclic) bond motifs is 1. The predicted octanol–water partition coefficient (Wildman–Crippen LogP) is 4.32. The zero-order valence-electron chi connectivity index (χ0n) is 18.4. The van der Waals surface area contributed by atoms with Crippen molar-refractivity contribution in [2.24, 2.45) is 5.41 Å². The molecule has 5 nitrogen and oxygen atoms in total. The van der Waals surface area contributed by atoms with Crippen molar-refractivity contribution in [3.8, 4) is 11.1 Å². The quantitative estimate of drug-likeness (QED) is 0.679. The van der Waals surface area contributed by atoms with E-state index in [9.17, 15) is 14.7 Å². The van der Waals surface area contributed by atoms with Gasteiger partial charge in [-0.2, -0.15) is 0 Å². The molecule has 0 bridgehead atoms. The summed E-state index contributed by atoms with van der Waals surface area (Å²) in [5.41, 5.74) is 1.19. The molecular weight excluding hydrogens is 342 g/mol. The van der Waals surface area contributed by atoms with Crippen molar-refractivity contribution >= 4 is 22.6 Å². The van der Waals surface area contributed by atoms with Crippen LogP contribution in [0.15, 0.2) is 57.7 Å². The number of carbonyl (C=O) groups is 1. The molecule has 1 heterocycles. The van der Waals surface area contributed by atoms with Crippen molar-refractivity contribution in [1.82, 2.24) is 0 Å². The van der Waals surface area contributed by atoms with Crippen molar-refractivity contribution in [2.45, 2.75) is 20.8 Å². The first-order chi connectivity index (χ1) is 13.9. The van der Waals surface area contributed by atoms with Crippen molar-refractivity contribution < 1.29 is 18.4 Å². The summed E-state index contributed by atoms with van der Waals surface area (Å²) in [6.07, 6.45) is 0. The van der Waals surface area contributed by atoms with Crippen LogP contribution < -0.4 is 10.5 Å². The van der Waals surface area contributed by atoms with E-state index in [4.69, 9.17) is 8.53 Å². The molecule has 1 aromatic heterocycles. The van der Waals surface area contributed by atoms with Gasteiger partial charge in [-0.05, 0) is 44.0 Å². The van der Waals surface area contributed by atoms with Gasteiger partial charge in [0.25, 0.3) is 0 Å². The van der Waals surface area contributed by atoms with Gasteiger partial charge in [-0.25, -0.2) is 4.79 Å². The van der Waals surface area contributed by atoms with Gasteiger partial charge in [0, 0.05) is 46.4 Å². The number of carboxylic acid groups (broad SMARTS) is 1. The third-order valence-corrected chi connectivity index (χ3v) is 4.61. The lowest BCUT2D eigenvalue weighted by atomic mass is 9.93. The Balaban J connectivity index is 2.18. The Hall–Kier alpha value is -3.08. The highest BCUT2D eigenvalue weighted by atomic mass is 16.4. The fraction of sp³-hybridized carbons (Fsp3) is 0.273. The summed E-state index contributed by atoms with van der Waals surface area (Å²) < 4.78 is 29.0. The summed E-state index contributed by atoms with van der Waals surface area (Å²) in [5, 5.41) is 10.1. The van der Waals surface area contributed by atoms with Crippen LogP contribution in [0.1, 0.15) is 23.5 Å². The molecule has 0 atom stereocenters. The molecule has 3 aromatic rings. The average Bonchev–Trinajstić information content (AvgIpc) is 2.64. The van der Waals surface area contributed by atoms with Crippen LogP contribution in [-0.4, -0.2) is 24.6 Å². The fourth-order valence-corrected chi connectivity index (χ4v) is 2.97. The van der Waals surface area contributed by atoms with Crippen LogP contribution in [0, 0.1) is 12.3 Å². The van der Waals surface area contributed by atoms with Gasteiger partial charge >= 0.3 is 11.6 Å². The van der Waals surface area contributed by atoms with Gasteiger partial charge in [0.15, 0.2) is 0 Å². The third kappa shape index (κ3) is 3.72. The minimum absolute atomic E-state index is 0.237. The number of benzene rings is 2. The maximum atomic E-state index is 12.2. The van der Waals surface area contributed by atoms with Crippen molar-refractivity contribution in [3.05, 3.63) is 64.5 Å². The lowest BCUT2D eigenvalue weighted by Crippen LogP contribution is -2.37. The summed E-state index contributed by atoms with van der Waals surface area (Å²) in [7, 11) is 0. The second-order valence-electron chi connectivity index (χ2n) is 7.25. The monoisotopic (exact) mass is 368 g/mol. The van der Waals surface area contributed by atoms with Gasteiger partial charge in [-0.1, -0.05) is 24.3 Å². The first-order valence-electron chi connectivity index (χ1n) is 10.0. The Morgan fingerprint density at radius 1 is 1.19 bits per heavy atom. The molecule has 0 aliphatic heterocycles. The molecule has 27 heavy (non-hydrogen) atoms. The zero-order valence-corrected chi connectivity index (χ0v) is 15.4.